The van der Waals surface area contributed by atoms with Crippen LogP contribution in [0.1, 0.15) is 17.5 Å². The smallest absolute Gasteiger partial charge is 0.263 e. The number of amidine groups is 1. The third kappa shape index (κ3) is 3.70. The van der Waals surface area contributed by atoms with E-state index in [2.05, 4.69) is 15.0 Å². The number of carbonyl (C=O) groups excluding carboxylic acids is 1. The fraction of sp³-hybridized carbons (Fsp3) is 0.222. The van der Waals surface area contributed by atoms with Gasteiger partial charge in [0.15, 0.2) is 0 Å². The summed E-state index contributed by atoms with van der Waals surface area (Å²) >= 11 is 0. The topological polar surface area (TPSA) is 96.9 Å². The number of carbonyl (C=O) groups is 1. The molecule has 0 radical (unpaired) electrons. The van der Waals surface area contributed by atoms with Gasteiger partial charge in [-0.25, -0.2) is 8.42 Å². The lowest BCUT2D eigenvalue weighted by Gasteiger charge is -2.10. The van der Waals surface area contributed by atoms with E-state index in [1.54, 1.807) is 24.3 Å². The third-order valence-corrected chi connectivity index (χ3v) is 5.30. The molecule has 0 saturated carbocycles. The zero-order chi connectivity index (χ0) is 18.7. The number of rotatable bonds is 5. The Kier molecular flexibility index (Phi) is 4.94. The molecule has 7 nitrogen and oxygen atoms in total. The number of fused-ring (bicyclic) bond motifs is 1. The minimum atomic E-state index is -3.57. The molecule has 1 heterocycles. The number of anilines is 1. The highest BCUT2D eigenvalue weighted by Gasteiger charge is 2.29. The van der Waals surface area contributed by atoms with Gasteiger partial charge in [-0.3, -0.25) is 14.5 Å². The summed E-state index contributed by atoms with van der Waals surface area (Å²) < 4.78 is 31.7. The maximum Gasteiger partial charge on any atom is 0.263 e. The second-order valence-corrected chi connectivity index (χ2v) is 7.48. The maximum atomic E-state index is 12.2. The van der Waals surface area contributed by atoms with Crippen molar-refractivity contribution < 1.29 is 17.9 Å². The quantitative estimate of drug-likeness (QED) is 0.838. The predicted molar refractivity (Wildman–Crippen MR) is 99.1 cm³/mol. The largest absolute Gasteiger partial charge is 0.495 e. The summed E-state index contributed by atoms with van der Waals surface area (Å²) in [5.41, 5.74) is 2.11. The average Bonchev–Trinajstić information content (AvgIpc) is 2.86. The summed E-state index contributed by atoms with van der Waals surface area (Å²) in [6.07, 6.45) is 0.116. The van der Waals surface area contributed by atoms with E-state index < -0.39 is 10.0 Å². The summed E-state index contributed by atoms with van der Waals surface area (Å²) in [7, 11) is -2.03. The molecule has 136 valence electrons. The van der Waals surface area contributed by atoms with Gasteiger partial charge in [0.2, 0.25) is 5.91 Å². The molecule has 2 aromatic rings. The van der Waals surface area contributed by atoms with Gasteiger partial charge in [-0.15, -0.1) is 0 Å². The van der Waals surface area contributed by atoms with Crippen LogP contribution in [0.15, 0.2) is 52.4 Å². The van der Waals surface area contributed by atoms with Gasteiger partial charge in [-0.1, -0.05) is 18.2 Å². The van der Waals surface area contributed by atoms with Gasteiger partial charge in [0.1, 0.15) is 11.6 Å². The Labute approximate surface area is 152 Å². The molecule has 0 bridgehead atoms. The zero-order valence-electron chi connectivity index (χ0n) is 14.4. The lowest BCUT2D eigenvalue weighted by atomic mass is 10.2. The van der Waals surface area contributed by atoms with E-state index in [0.29, 0.717) is 17.0 Å². The van der Waals surface area contributed by atoms with Crippen LogP contribution in [0.4, 0.5) is 5.69 Å². The molecule has 0 fully saturated rings. The Hall–Kier alpha value is -2.87. The third-order valence-electron chi connectivity index (χ3n) is 3.90. The molecule has 2 N–H and O–H groups in total. The number of ether oxygens (including phenoxy) is 1. The Balaban J connectivity index is 1.66. The summed E-state index contributed by atoms with van der Waals surface area (Å²) in [5.74, 6) is 0.613. The van der Waals surface area contributed by atoms with E-state index in [0.717, 1.165) is 5.56 Å². The minimum absolute atomic E-state index is 0.116. The molecule has 2 aromatic carbocycles. The van der Waals surface area contributed by atoms with Crippen molar-refractivity contribution in [3.05, 3.63) is 53.6 Å². The standard InChI is InChI=1S/C18H19N3O4S/c1-12-7-8-15(25-2)14(11-12)20-17(22)9-10-19-18-13-5-3-4-6-16(13)26(23,24)21-18/h3-8,11H,9-10H2,1-2H3,(H,19,21)(H,20,22). The highest BCUT2D eigenvalue weighted by Crippen LogP contribution is 2.25. The van der Waals surface area contributed by atoms with Gasteiger partial charge in [0.05, 0.1) is 24.2 Å². The maximum absolute atomic E-state index is 12.2. The first kappa shape index (κ1) is 17.9. The number of nitrogens with zero attached hydrogens (tertiary/aromatic N) is 1. The summed E-state index contributed by atoms with van der Waals surface area (Å²) in [6.45, 7) is 2.08. The Morgan fingerprint density at radius 3 is 2.77 bits per heavy atom. The van der Waals surface area contributed by atoms with Crippen LogP contribution >= 0.6 is 0 Å². The number of amides is 1. The van der Waals surface area contributed by atoms with Gasteiger partial charge in [-0.05, 0) is 36.8 Å². The highest BCUT2D eigenvalue weighted by atomic mass is 32.2. The number of hydrogen-bond donors (Lipinski definition) is 2. The number of sulfonamides is 1. The van der Waals surface area contributed by atoms with Crippen LogP contribution in [0.25, 0.3) is 0 Å². The lowest BCUT2D eigenvalue weighted by Crippen LogP contribution is -2.23. The van der Waals surface area contributed by atoms with Gasteiger partial charge in [0, 0.05) is 12.0 Å². The van der Waals surface area contributed by atoms with Crippen LogP contribution in [-0.2, 0) is 14.8 Å². The van der Waals surface area contributed by atoms with Crippen molar-refractivity contribution in [1.29, 1.82) is 0 Å². The van der Waals surface area contributed by atoms with Crippen molar-refractivity contribution in [3.63, 3.8) is 0 Å². The van der Waals surface area contributed by atoms with Crippen molar-refractivity contribution in [2.24, 2.45) is 4.99 Å². The van der Waals surface area contributed by atoms with E-state index in [9.17, 15) is 13.2 Å². The van der Waals surface area contributed by atoms with E-state index in [1.807, 2.05) is 19.1 Å². The molecule has 0 saturated heterocycles. The van der Waals surface area contributed by atoms with E-state index >= 15 is 0 Å². The Morgan fingerprint density at radius 2 is 2.00 bits per heavy atom. The number of aryl methyl sites for hydroxylation is 1. The summed E-state index contributed by atoms with van der Waals surface area (Å²) in [6, 6.07) is 12.1. The van der Waals surface area contributed by atoms with Crippen molar-refractivity contribution in [3.8, 4) is 5.75 Å². The minimum Gasteiger partial charge on any atom is -0.495 e. The average molecular weight is 373 g/mol. The number of benzene rings is 2. The first-order valence-corrected chi connectivity index (χ1v) is 9.50. The van der Waals surface area contributed by atoms with Crippen LogP contribution in [0.3, 0.4) is 0 Å². The number of methoxy groups -OCH3 is 1. The first-order valence-electron chi connectivity index (χ1n) is 8.02. The van der Waals surface area contributed by atoms with Crippen molar-refractivity contribution >= 4 is 27.5 Å². The van der Waals surface area contributed by atoms with Gasteiger partial charge < -0.3 is 10.1 Å². The van der Waals surface area contributed by atoms with Gasteiger partial charge >= 0.3 is 0 Å². The van der Waals surface area contributed by atoms with Gasteiger partial charge in [0.25, 0.3) is 10.0 Å². The molecule has 1 aliphatic heterocycles. The molecule has 3 rings (SSSR count). The molecular weight excluding hydrogens is 354 g/mol. The molecule has 0 unspecified atom stereocenters. The zero-order valence-corrected chi connectivity index (χ0v) is 15.3. The van der Waals surface area contributed by atoms with E-state index in [-0.39, 0.29) is 29.6 Å². The van der Waals surface area contributed by atoms with Crippen LogP contribution in [0, 0.1) is 6.92 Å². The van der Waals surface area contributed by atoms with Crippen molar-refractivity contribution in [2.75, 3.05) is 19.0 Å². The molecule has 0 spiro atoms. The lowest BCUT2D eigenvalue weighted by molar-refractivity contribution is -0.116. The molecule has 0 aliphatic carbocycles. The molecule has 0 atom stereocenters. The van der Waals surface area contributed by atoms with Crippen molar-refractivity contribution in [2.45, 2.75) is 18.2 Å². The Morgan fingerprint density at radius 1 is 1.23 bits per heavy atom. The number of nitrogens with one attached hydrogen (secondary N) is 2. The number of hydrogen-bond acceptors (Lipinski definition) is 5. The SMILES string of the molecule is COc1ccc(C)cc1NC(=O)CCN=C1NS(=O)(=O)c2ccccc21. The second-order valence-electron chi connectivity index (χ2n) is 5.83. The Bertz CT molecular complexity index is 984. The molecule has 8 heteroatoms. The first-order chi connectivity index (χ1) is 12.4. The van der Waals surface area contributed by atoms with E-state index in [4.69, 9.17) is 4.74 Å². The normalized spacial score (nSPS) is 16.0. The van der Waals surface area contributed by atoms with Crippen LogP contribution in [0.2, 0.25) is 0 Å². The van der Waals surface area contributed by atoms with Crippen LogP contribution in [0.5, 0.6) is 5.75 Å². The predicted octanol–water partition coefficient (Wildman–Crippen LogP) is 2.07. The molecule has 0 aromatic heterocycles. The molecule has 1 amide bonds. The second kappa shape index (κ2) is 7.17. The molecule has 26 heavy (non-hydrogen) atoms. The fourth-order valence-corrected chi connectivity index (χ4v) is 3.90. The van der Waals surface area contributed by atoms with E-state index in [1.165, 1.54) is 13.2 Å². The molecule has 1 aliphatic rings. The molecular formula is C18H19N3O4S. The van der Waals surface area contributed by atoms with Crippen molar-refractivity contribution in [1.82, 2.24) is 4.72 Å². The van der Waals surface area contributed by atoms with Gasteiger partial charge in [-0.2, -0.15) is 0 Å². The summed E-state index contributed by atoms with van der Waals surface area (Å²) in [5, 5.41) is 2.79. The van der Waals surface area contributed by atoms with Crippen LogP contribution < -0.4 is 14.8 Å². The van der Waals surface area contributed by atoms with Crippen LogP contribution in [-0.4, -0.2) is 33.8 Å². The monoisotopic (exact) mass is 373 g/mol. The summed E-state index contributed by atoms with van der Waals surface area (Å²) in [4.78, 5) is 16.6. The fourth-order valence-electron chi connectivity index (χ4n) is 2.65. The number of aliphatic imine (C=N–C) groups is 1. The highest BCUT2D eigenvalue weighted by molar-refractivity contribution is 7.90.